The van der Waals surface area contributed by atoms with Crippen molar-refractivity contribution in [1.29, 1.82) is 0 Å². The molecule has 0 aliphatic carbocycles. The van der Waals surface area contributed by atoms with Crippen LogP contribution in [0.25, 0.3) is 0 Å². The van der Waals surface area contributed by atoms with Crippen LogP contribution in [0.5, 0.6) is 5.75 Å². The van der Waals surface area contributed by atoms with E-state index in [2.05, 4.69) is 13.8 Å². The molecule has 0 heterocycles. The van der Waals surface area contributed by atoms with E-state index in [1.54, 1.807) is 18.2 Å². The first-order valence-electron chi connectivity index (χ1n) is 6.97. The molecule has 0 atom stereocenters. The zero-order chi connectivity index (χ0) is 16.6. The predicted octanol–water partition coefficient (Wildman–Crippen LogP) is 3.64. The summed E-state index contributed by atoms with van der Waals surface area (Å²) in [6.45, 7) is 8.60. The molecule has 1 aromatic carbocycles. The van der Waals surface area contributed by atoms with Crippen molar-refractivity contribution in [2.45, 2.75) is 39.7 Å². The van der Waals surface area contributed by atoms with Gasteiger partial charge in [-0.2, -0.15) is 0 Å². The van der Waals surface area contributed by atoms with Gasteiger partial charge in [0.25, 0.3) is 0 Å². The highest BCUT2D eigenvalue weighted by Gasteiger charge is 2.30. The van der Waals surface area contributed by atoms with Gasteiger partial charge < -0.3 is 13.6 Å². The molecule has 0 amide bonds. The summed E-state index contributed by atoms with van der Waals surface area (Å²) in [5.41, 5.74) is 0.277. The topological polar surface area (TPSA) is 44.8 Å². The number of rotatable bonds is 10. The number of ether oxygens (including phenoxy) is 1. The van der Waals surface area contributed by atoms with Crippen LogP contribution in [0.3, 0.4) is 0 Å². The van der Waals surface area contributed by atoms with Gasteiger partial charge in [-0.15, -0.1) is 0 Å². The summed E-state index contributed by atoms with van der Waals surface area (Å²) in [7, 11) is 0.747. The highest BCUT2D eigenvalue weighted by atomic mass is 35.5. The number of carbonyl (C=O) groups excluding carboxylic acids is 1. The van der Waals surface area contributed by atoms with Gasteiger partial charge in [0.1, 0.15) is 12.0 Å². The van der Waals surface area contributed by atoms with Gasteiger partial charge >= 0.3 is 0 Å². The molecule has 22 heavy (non-hydrogen) atoms. The lowest BCUT2D eigenvalue weighted by Crippen LogP contribution is -2.37. The molecule has 7 heteroatoms. The average molecular weight is 357 g/mol. The lowest BCUT2D eigenvalue weighted by atomic mass is 9.89. The third-order valence-corrected chi connectivity index (χ3v) is 4.33. The third-order valence-electron chi connectivity index (χ3n) is 3.19. The molecular weight excluding hydrogens is 336 g/mol. The van der Waals surface area contributed by atoms with Crippen molar-refractivity contribution in [3.05, 3.63) is 28.8 Å². The fourth-order valence-electron chi connectivity index (χ4n) is 1.84. The maximum atomic E-state index is 11.0. The number of halogens is 1. The lowest BCUT2D eigenvalue weighted by Gasteiger charge is -2.34. The minimum atomic E-state index is -0.251. The van der Waals surface area contributed by atoms with E-state index < -0.39 is 0 Å². The SMILES string of the molecule is C[Si]OC(O[Si]C)C(C)(C)CCOc1ccc(Cl)cc1C=O. The van der Waals surface area contributed by atoms with Crippen molar-refractivity contribution in [2.75, 3.05) is 6.61 Å². The maximum absolute atomic E-state index is 11.0. The van der Waals surface area contributed by atoms with Crippen LogP contribution in [-0.2, 0) is 8.85 Å². The van der Waals surface area contributed by atoms with Crippen LogP contribution in [0.1, 0.15) is 30.6 Å². The maximum Gasteiger partial charge on any atom is 0.229 e. The molecule has 0 saturated heterocycles. The number of benzene rings is 1. The van der Waals surface area contributed by atoms with E-state index in [-0.39, 0.29) is 11.7 Å². The first-order chi connectivity index (χ1) is 10.4. The molecule has 0 fully saturated rings. The van der Waals surface area contributed by atoms with Crippen LogP contribution in [-0.4, -0.2) is 38.7 Å². The van der Waals surface area contributed by atoms with Gasteiger partial charge in [0.05, 0.1) is 12.2 Å². The Morgan fingerprint density at radius 3 is 2.45 bits per heavy atom. The van der Waals surface area contributed by atoms with E-state index in [9.17, 15) is 4.79 Å². The Morgan fingerprint density at radius 2 is 1.91 bits per heavy atom. The van der Waals surface area contributed by atoms with E-state index in [0.717, 1.165) is 12.7 Å². The molecular formula is C15H21ClO4Si2. The van der Waals surface area contributed by atoms with Crippen LogP contribution in [0.4, 0.5) is 0 Å². The first kappa shape index (κ1) is 19.4. The van der Waals surface area contributed by atoms with Gasteiger partial charge in [-0.25, -0.2) is 0 Å². The molecule has 0 spiro atoms. The summed E-state index contributed by atoms with van der Waals surface area (Å²) < 4.78 is 17.1. The van der Waals surface area contributed by atoms with Crippen molar-refractivity contribution in [2.24, 2.45) is 5.41 Å². The minimum absolute atomic E-state index is 0.181. The second-order valence-corrected chi connectivity index (χ2v) is 7.09. The Hall–Kier alpha value is -0.666. The molecule has 4 nitrogen and oxygen atoms in total. The summed E-state index contributed by atoms with van der Waals surface area (Å²) in [4.78, 5) is 11.0. The van der Waals surface area contributed by atoms with E-state index in [0.29, 0.717) is 42.5 Å². The quantitative estimate of drug-likeness (QED) is 0.364. The van der Waals surface area contributed by atoms with Crippen molar-refractivity contribution < 1.29 is 18.4 Å². The molecule has 120 valence electrons. The van der Waals surface area contributed by atoms with Gasteiger partial charge in [0, 0.05) is 10.4 Å². The van der Waals surface area contributed by atoms with Gasteiger partial charge in [-0.3, -0.25) is 4.79 Å². The molecule has 0 aliphatic rings. The number of hydrogen-bond acceptors (Lipinski definition) is 4. The first-order valence-corrected chi connectivity index (χ1v) is 10.2. The molecule has 0 aliphatic heterocycles. The van der Waals surface area contributed by atoms with E-state index in [1.807, 2.05) is 13.1 Å². The zero-order valence-electron chi connectivity index (χ0n) is 13.3. The fourth-order valence-corrected chi connectivity index (χ4v) is 3.28. The number of hydrogen-bond donors (Lipinski definition) is 0. The molecule has 0 aromatic heterocycles. The van der Waals surface area contributed by atoms with Crippen LogP contribution >= 0.6 is 11.6 Å². The fraction of sp³-hybridized carbons (Fsp3) is 0.533. The van der Waals surface area contributed by atoms with Crippen molar-refractivity contribution in [1.82, 2.24) is 0 Å². The van der Waals surface area contributed by atoms with Crippen molar-refractivity contribution >= 4 is 37.4 Å². The Morgan fingerprint density at radius 1 is 1.27 bits per heavy atom. The van der Waals surface area contributed by atoms with Crippen LogP contribution in [0.2, 0.25) is 18.1 Å². The van der Waals surface area contributed by atoms with Crippen LogP contribution < -0.4 is 4.74 Å². The molecule has 0 unspecified atom stereocenters. The lowest BCUT2D eigenvalue weighted by molar-refractivity contribution is -0.0854. The summed E-state index contributed by atoms with van der Waals surface area (Å²) >= 11 is 5.87. The van der Waals surface area contributed by atoms with Gasteiger partial charge in [0.15, 0.2) is 6.29 Å². The molecule has 0 saturated carbocycles. The Labute approximate surface area is 142 Å². The normalized spacial score (nSPS) is 11.7. The standard InChI is InChI=1S/C15H21ClO4Si2/c1-15(2,14(19-21-3)20-22-4)7-8-18-13-6-5-12(16)9-11(13)10-17/h5-6,9-10,14H,7-8H2,1-4H3. The number of aldehydes is 1. The predicted molar refractivity (Wildman–Crippen MR) is 89.9 cm³/mol. The summed E-state index contributed by atoms with van der Waals surface area (Å²) in [5.74, 6) is 0.545. The summed E-state index contributed by atoms with van der Waals surface area (Å²) in [5, 5.41) is 0.518. The zero-order valence-corrected chi connectivity index (χ0v) is 16.1. The Kier molecular flexibility index (Phi) is 8.34. The average Bonchev–Trinajstić information content (AvgIpc) is 2.48. The van der Waals surface area contributed by atoms with Crippen molar-refractivity contribution in [3.63, 3.8) is 0 Å². The second-order valence-electron chi connectivity index (χ2n) is 5.36. The van der Waals surface area contributed by atoms with E-state index in [1.165, 1.54) is 0 Å². The smallest absolute Gasteiger partial charge is 0.229 e. The Balaban J connectivity index is 2.63. The van der Waals surface area contributed by atoms with Crippen LogP contribution in [0, 0.1) is 5.41 Å². The highest BCUT2D eigenvalue weighted by molar-refractivity contribution is 6.30. The molecule has 1 aromatic rings. The molecule has 1 rings (SSSR count). The molecule has 0 bridgehead atoms. The van der Waals surface area contributed by atoms with E-state index in [4.69, 9.17) is 25.2 Å². The monoisotopic (exact) mass is 356 g/mol. The Bertz CT molecular complexity index is 477. The molecule has 4 radical (unpaired) electrons. The third kappa shape index (κ3) is 5.85. The van der Waals surface area contributed by atoms with Crippen LogP contribution in [0.15, 0.2) is 18.2 Å². The second kappa shape index (κ2) is 9.47. The van der Waals surface area contributed by atoms with Gasteiger partial charge in [0.2, 0.25) is 19.5 Å². The summed E-state index contributed by atoms with van der Waals surface area (Å²) in [6, 6.07) is 5.02. The van der Waals surface area contributed by atoms with E-state index >= 15 is 0 Å². The van der Waals surface area contributed by atoms with Crippen molar-refractivity contribution in [3.8, 4) is 5.75 Å². The summed E-state index contributed by atoms with van der Waals surface area (Å²) in [6.07, 6.45) is 1.24. The largest absolute Gasteiger partial charge is 0.493 e. The number of carbonyl (C=O) groups is 1. The van der Waals surface area contributed by atoms with Gasteiger partial charge in [-0.1, -0.05) is 25.4 Å². The van der Waals surface area contributed by atoms with Gasteiger partial charge in [-0.05, 0) is 37.7 Å². The highest BCUT2D eigenvalue weighted by Crippen LogP contribution is 2.29. The minimum Gasteiger partial charge on any atom is -0.493 e. The molecule has 0 N–H and O–H groups in total.